The summed E-state index contributed by atoms with van der Waals surface area (Å²) in [6.07, 6.45) is 0. The summed E-state index contributed by atoms with van der Waals surface area (Å²) in [6, 6.07) is 12.1. The number of hydrogen-bond donors (Lipinski definition) is 0. The summed E-state index contributed by atoms with van der Waals surface area (Å²) in [5, 5.41) is 0.680. The molecule has 10 heteroatoms. The van der Waals surface area contributed by atoms with Crippen LogP contribution in [0, 0.1) is 0 Å². The van der Waals surface area contributed by atoms with E-state index in [9.17, 15) is 13.2 Å². The van der Waals surface area contributed by atoms with E-state index in [1.807, 2.05) is 11.5 Å². The Labute approximate surface area is 191 Å². The summed E-state index contributed by atoms with van der Waals surface area (Å²) in [5.74, 6) is 0.824. The molecule has 0 N–H and O–H groups in total. The quantitative estimate of drug-likeness (QED) is 0.365. The van der Waals surface area contributed by atoms with E-state index in [2.05, 4.69) is 4.98 Å². The van der Waals surface area contributed by atoms with Gasteiger partial charge in [0.1, 0.15) is 5.75 Å². The van der Waals surface area contributed by atoms with Gasteiger partial charge in [-0.15, -0.1) is 0 Å². The van der Waals surface area contributed by atoms with Crippen LogP contribution < -0.4 is 4.74 Å². The highest BCUT2D eigenvalue weighted by molar-refractivity contribution is 7.99. The number of nitrogens with zero attached hydrogens (tertiary/aromatic N) is 3. The van der Waals surface area contributed by atoms with Crippen LogP contribution in [0.4, 0.5) is 0 Å². The third-order valence-electron chi connectivity index (χ3n) is 5.33. The van der Waals surface area contributed by atoms with E-state index in [0.717, 1.165) is 5.52 Å². The molecule has 0 amide bonds. The highest BCUT2D eigenvalue weighted by Gasteiger charge is 2.27. The lowest BCUT2D eigenvalue weighted by atomic mass is 10.1. The van der Waals surface area contributed by atoms with Crippen molar-refractivity contribution in [2.75, 3.05) is 39.2 Å². The molecule has 3 aromatic rings. The minimum absolute atomic E-state index is 0.0285. The van der Waals surface area contributed by atoms with Crippen LogP contribution in [0.2, 0.25) is 0 Å². The van der Waals surface area contributed by atoms with Gasteiger partial charge in [0.2, 0.25) is 10.0 Å². The van der Waals surface area contributed by atoms with Crippen LogP contribution >= 0.6 is 11.8 Å². The van der Waals surface area contributed by atoms with Crippen molar-refractivity contribution >= 4 is 38.6 Å². The molecule has 1 saturated heterocycles. The number of hydrogen-bond acceptors (Lipinski definition) is 7. The van der Waals surface area contributed by atoms with Gasteiger partial charge in [0, 0.05) is 25.2 Å². The Kier molecular flexibility index (Phi) is 6.85. The van der Waals surface area contributed by atoms with Gasteiger partial charge in [-0.3, -0.25) is 4.79 Å². The Morgan fingerprint density at radius 1 is 1.19 bits per heavy atom. The van der Waals surface area contributed by atoms with Crippen molar-refractivity contribution in [1.29, 1.82) is 0 Å². The minimum Gasteiger partial charge on any atom is -0.497 e. The number of morpholine rings is 1. The van der Waals surface area contributed by atoms with Gasteiger partial charge < -0.3 is 14.0 Å². The van der Waals surface area contributed by atoms with E-state index in [1.54, 1.807) is 49.6 Å². The van der Waals surface area contributed by atoms with E-state index in [4.69, 9.17) is 9.47 Å². The number of fused-ring (bicyclic) bond motifs is 1. The lowest BCUT2D eigenvalue weighted by molar-refractivity contribution is 0.0730. The van der Waals surface area contributed by atoms with Crippen LogP contribution in [0.1, 0.15) is 17.3 Å². The molecule has 2 aromatic carbocycles. The van der Waals surface area contributed by atoms with Gasteiger partial charge >= 0.3 is 0 Å². The van der Waals surface area contributed by atoms with Gasteiger partial charge in [0.05, 0.1) is 42.0 Å². The van der Waals surface area contributed by atoms with E-state index < -0.39 is 10.0 Å². The molecule has 0 spiro atoms. The fraction of sp³-hybridized carbons (Fsp3) is 0.364. The number of ketones is 1. The first kappa shape index (κ1) is 22.8. The Balaban J connectivity index is 1.58. The highest BCUT2D eigenvalue weighted by atomic mass is 32.2. The monoisotopic (exact) mass is 475 g/mol. The van der Waals surface area contributed by atoms with Crippen molar-refractivity contribution in [1.82, 2.24) is 13.9 Å². The number of imidazole rings is 1. The first-order valence-corrected chi connectivity index (χ1v) is 12.7. The number of carbonyl (C=O) groups excluding carboxylic acids is 1. The Bertz CT molecular complexity index is 1230. The Hall–Kier alpha value is -2.40. The maximum atomic E-state index is 13.0. The number of Topliss-reactive ketones (excluding diaryl/α,β-unsaturated/α-hetero) is 1. The van der Waals surface area contributed by atoms with Crippen LogP contribution in [-0.2, 0) is 21.3 Å². The molecular formula is C22H25N3O5S2. The molecule has 170 valence electrons. The lowest BCUT2D eigenvalue weighted by Crippen LogP contribution is -2.40. The van der Waals surface area contributed by atoms with Crippen LogP contribution in [0.5, 0.6) is 5.75 Å². The molecule has 0 bridgehead atoms. The molecule has 4 rings (SSSR count). The minimum atomic E-state index is -3.60. The van der Waals surface area contributed by atoms with Gasteiger partial charge in [-0.25, -0.2) is 13.4 Å². The number of sulfonamides is 1. The van der Waals surface area contributed by atoms with Gasteiger partial charge in [0.25, 0.3) is 0 Å². The van der Waals surface area contributed by atoms with Gasteiger partial charge in [-0.1, -0.05) is 23.9 Å². The molecule has 0 aliphatic carbocycles. The normalized spacial score (nSPS) is 15.2. The third-order valence-corrected chi connectivity index (χ3v) is 8.20. The number of rotatable bonds is 8. The summed E-state index contributed by atoms with van der Waals surface area (Å²) in [6.45, 7) is 4.13. The summed E-state index contributed by atoms with van der Waals surface area (Å²) in [5.41, 5.74) is 2.01. The maximum absolute atomic E-state index is 13.0. The molecule has 0 atom stereocenters. The topological polar surface area (TPSA) is 90.7 Å². The van der Waals surface area contributed by atoms with Crippen molar-refractivity contribution in [3.05, 3.63) is 48.0 Å². The van der Waals surface area contributed by atoms with Crippen LogP contribution in [0.15, 0.2) is 52.5 Å². The number of ether oxygens (including phenoxy) is 2. The maximum Gasteiger partial charge on any atom is 0.243 e. The Morgan fingerprint density at radius 2 is 1.97 bits per heavy atom. The first-order chi connectivity index (χ1) is 15.4. The number of carbonyl (C=O) groups is 1. The average Bonchev–Trinajstić information content (AvgIpc) is 3.19. The van der Waals surface area contributed by atoms with Gasteiger partial charge in [-0.05, 0) is 37.3 Å². The molecule has 0 saturated carbocycles. The average molecular weight is 476 g/mol. The fourth-order valence-corrected chi connectivity index (χ4v) is 6.01. The molecular weight excluding hydrogens is 450 g/mol. The predicted octanol–water partition coefficient (Wildman–Crippen LogP) is 3.06. The molecule has 32 heavy (non-hydrogen) atoms. The molecule has 1 fully saturated rings. The zero-order valence-electron chi connectivity index (χ0n) is 18.0. The second-order valence-electron chi connectivity index (χ2n) is 7.25. The standard InChI is InChI=1S/C22H25N3O5S2/c1-3-25-20-8-7-18(32(27,28)24-9-11-30-12-10-24)14-19(20)23-22(25)31-15-21(26)16-5-4-6-17(13-16)29-2/h4-8,13-14H,3,9-12,15H2,1-2H3. The largest absolute Gasteiger partial charge is 0.497 e. The van der Waals surface area contributed by atoms with Crippen molar-refractivity contribution in [3.8, 4) is 5.75 Å². The van der Waals surface area contributed by atoms with Gasteiger partial charge in [-0.2, -0.15) is 4.31 Å². The molecule has 1 aliphatic rings. The molecule has 0 unspecified atom stereocenters. The second kappa shape index (κ2) is 9.62. The zero-order chi connectivity index (χ0) is 22.7. The van der Waals surface area contributed by atoms with Crippen molar-refractivity contribution in [3.63, 3.8) is 0 Å². The summed E-state index contributed by atoms with van der Waals surface area (Å²) in [4.78, 5) is 17.5. The SMILES string of the molecule is CCn1c(SCC(=O)c2cccc(OC)c2)nc2cc(S(=O)(=O)N3CCOCC3)ccc21. The van der Waals surface area contributed by atoms with E-state index in [1.165, 1.54) is 16.1 Å². The van der Waals surface area contributed by atoms with E-state index in [-0.39, 0.29) is 16.4 Å². The number of aryl methyl sites for hydroxylation is 1. The second-order valence-corrected chi connectivity index (χ2v) is 10.1. The summed E-state index contributed by atoms with van der Waals surface area (Å²) in [7, 11) is -2.04. The van der Waals surface area contributed by atoms with Crippen LogP contribution in [0.25, 0.3) is 11.0 Å². The first-order valence-electron chi connectivity index (χ1n) is 10.3. The van der Waals surface area contributed by atoms with Crippen molar-refractivity contribution in [2.24, 2.45) is 0 Å². The molecule has 2 heterocycles. The van der Waals surface area contributed by atoms with E-state index in [0.29, 0.717) is 54.8 Å². The summed E-state index contributed by atoms with van der Waals surface area (Å²) < 4.78 is 39.9. The molecule has 0 radical (unpaired) electrons. The predicted molar refractivity (Wildman–Crippen MR) is 123 cm³/mol. The smallest absolute Gasteiger partial charge is 0.243 e. The van der Waals surface area contributed by atoms with Crippen molar-refractivity contribution in [2.45, 2.75) is 23.5 Å². The highest BCUT2D eigenvalue weighted by Crippen LogP contribution is 2.28. The van der Waals surface area contributed by atoms with Gasteiger partial charge in [0.15, 0.2) is 10.9 Å². The van der Waals surface area contributed by atoms with Crippen LogP contribution in [-0.4, -0.2) is 67.2 Å². The lowest BCUT2D eigenvalue weighted by Gasteiger charge is -2.26. The van der Waals surface area contributed by atoms with Crippen LogP contribution in [0.3, 0.4) is 0 Å². The molecule has 1 aromatic heterocycles. The number of aromatic nitrogens is 2. The van der Waals surface area contributed by atoms with E-state index >= 15 is 0 Å². The number of methoxy groups -OCH3 is 1. The number of benzene rings is 2. The zero-order valence-corrected chi connectivity index (χ0v) is 19.6. The number of thioether (sulfide) groups is 1. The molecule has 1 aliphatic heterocycles. The Morgan fingerprint density at radius 3 is 2.69 bits per heavy atom. The third kappa shape index (κ3) is 4.54. The van der Waals surface area contributed by atoms with Crippen molar-refractivity contribution < 1.29 is 22.7 Å². The molecule has 8 nitrogen and oxygen atoms in total. The fourth-order valence-electron chi connectivity index (χ4n) is 3.61. The summed E-state index contributed by atoms with van der Waals surface area (Å²) >= 11 is 1.34.